The maximum atomic E-state index is 13.9. The lowest BCUT2D eigenvalue weighted by Gasteiger charge is -2.32. The van der Waals surface area contributed by atoms with Gasteiger partial charge < -0.3 is 51.5 Å². The molecular weight excluding hydrogens is 1060 g/mol. The van der Waals surface area contributed by atoms with Crippen LogP contribution >= 0.6 is 58.8 Å². The zero-order valence-corrected chi connectivity index (χ0v) is 49.6. The number of likely N-dealkylation sites (tertiary alicyclic amines) is 4. The summed E-state index contributed by atoms with van der Waals surface area (Å²) in [7, 11) is 0. The van der Waals surface area contributed by atoms with Crippen LogP contribution in [0.1, 0.15) is 120 Å². The van der Waals surface area contributed by atoms with Crippen molar-refractivity contribution in [3.8, 4) is 0 Å². The molecule has 7 amide bonds. The molecule has 0 unspecified atom stereocenters. The first-order valence-electron chi connectivity index (χ1n) is 26.8. The summed E-state index contributed by atoms with van der Waals surface area (Å²) in [6.07, 6.45) is 6.27. The molecule has 7 N–H and O–H groups in total. The Bertz CT molecular complexity index is 1970. The van der Waals surface area contributed by atoms with Gasteiger partial charge in [0.2, 0.25) is 41.4 Å². The van der Waals surface area contributed by atoms with Crippen molar-refractivity contribution in [2.75, 3.05) is 61.5 Å². The number of rotatable bonds is 30. The molecule has 12 atom stereocenters. The van der Waals surface area contributed by atoms with Gasteiger partial charge in [-0.1, -0.05) is 27.7 Å². The number of nitrogens with one attached hydrogen (secondary N) is 3. The second-order valence-electron chi connectivity index (χ2n) is 21.1. The molecule has 4 fully saturated rings. The van der Waals surface area contributed by atoms with Crippen LogP contribution in [0.3, 0.4) is 0 Å². The van der Waals surface area contributed by atoms with Gasteiger partial charge in [0.15, 0.2) is 0 Å². The fourth-order valence-corrected chi connectivity index (χ4v) is 15.3. The molecule has 4 rings (SSSR count). The van der Waals surface area contributed by atoms with E-state index in [0.29, 0.717) is 54.9 Å². The van der Waals surface area contributed by atoms with Crippen molar-refractivity contribution in [1.29, 1.82) is 0 Å². The van der Waals surface area contributed by atoms with Crippen molar-refractivity contribution in [1.82, 2.24) is 35.6 Å². The van der Waals surface area contributed by atoms with Gasteiger partial charge in [0, 0.05) is 85.2 Å². The van der Waals surface area contributed by atoms with Gasteiger partial charge in [-0.2, -0.15) is 0 Å². The second-order valence-corrected chi connectivity index (χ2v) is 27.8. The number of hydrogen-bond acceptors (Lipinski definition) is 15. The number of carboxylic acid groups (broad SMARTS) is 2. The highest BCUT2D eigenvalue weighted by atomic mass is 32.2. The van der Waals surface area contributed by atoms with Crippen molar-refractivity contribution < 1.29 is 53.4 Å². The Hall–Kier alpha value is -3.06. The number of carboxylic acids is 2. The van der Waals surface area contributed by atoms with Gasteiger partial charge in [0.1, 0.15) is 17.3 Å². The van der Waals surface area contributed by atoms with E-state index in [1.807, 2.05) is 44.4 Å². The normalized spacial score (nSPS) is 23.1. The Balaban J connectivity index is 1.16. The molecule has 0 spiro atoms. The monoisotopic (exact) mass is 1150 g/mol. The lowest BCUT2D eigenvalue weighted by molar-refractivity contribution is -0.138. The van der Waals surface area contributed by atoms with Crippen molar-refractivity contribution in [3.05, 3.63) is 0 Å². The van der Waals surface area contributed by atoms with Crippen molar-refractivity contribution >= 4 is 112 Å². The highest BCUT2D eigenvalue weighted by molar-refractivity contribution is 8.01. The smallest absolute Gasteiger partial charge is 0.316 e. The third-order valence-corrected chi connectivity index (χ3v) is 21.3. The number of aliphatic carboxylic acids is 2. The van der Waals surface area contributed by atoms with E-state index < -0.39 is 51.1 Å². The summed E-state index contributed by atoms with van der Waals surface area (Å²) in [6.45, 7) is 18.5. The van der Waals surface area contributed by atoms with Crippen LogP contribution in [0, 0.1) is 11.8 Å². The Morgan fingerprint density at radius 2 is 0.947 bits per heavy atom. The summed E-state index contributed by atoms with van der Waals surface area (Å²) in [5.41, 5.74) is 5.90. The lowest BCUT2D eigenvalue weighted by atomic mass is 10.0. The number of hydrogen-bond donors (Lipinski definition) is 6. The van der Waals surface area contributed by atoms with Crippen LogP contribution in [0.5, 0.6) is 0 Å². The first-order chi connectivity index (χ1) is 35.4. The number of thioether (sulfide) groups is 5. The summed E-state index contributed by atoms with van der Waals surface area (Å²) < 4.78 is 0. The molecule has 19 nitrogen and oxygen atoms in total. The van der Waals surface area contributed by atoms with E-state index in [1.165, 1.54) is 58.8 Å². The summed E-state index contributed by atoms with van der Waals surface area (Å²) in [5.74, 6) is -0.915. The predicted molar refractivity (Wildman–Crippen MR) is 303 cm³/mol. The Kier molecular flexibility index (Phi) is 27.1. The molecule has 4 aliphatic rings. The molecule has 426 valence electrons. The second kappa shape index (κ2) is 31.5. The first-order valence-corrected chi connectivity index (χ1v) is 32.0. The van der Waals surface area contributed by atoms with Crippen LogP contribution in [0.25, 0.3) is 0 Å². The number of amides is 7. The van der Waals surface area contributed by atoms with Crippen LogP contribution in [0.4, 0.5) is 0 Å². The van der Waals surface area contributed by atoms with Gasteiger partial charge in [0.05, 0.1) is 34.0 Å². The molecular formula is C51H86N8O11S5. The largest absolute Gasteiger partial charge is 0.481 e. The average molecular weight is 1150 g/mol. The molecule has 0 aliphatic carbocycles. The maximum absolute atomic E-state index is 13.9. The summed E-state index contributed by atoms with van der Waals surface area (Å²) >= 11 is 7.01. The van der Waals surface area contributed by atoms with Crippen LogP contribution in [-0.4, -0.2) is 213 Å². The predicted octanol–water partition coefficient (Wildman–Crippen LogP) is 3.84. The van der Waals surface area contributed by atoms with Gasteiger partial charge in [-0.3, -0.25) is 43.2 Å². The van der Waals surface area contributed by atoms with Gasteiger partial charge in [0.25, 0.3) is 0 Å². The van der Waals surface area contributed by atoms with Crippen LogP contribution in [-0.2, 0) is 43.2 Å². The third-order valence-electron chi connectivity index (χ3n) is 14.4. The van der Waals surface area contributed by atoms with Gasteiger partial charge >= 0.3 is 11.9 Å². The summed E-state index contributed by atoms with van der Waals surface area (Å²) in [5, 5.41) is 25.0. The molecule has 0 aromatic rings. The van der Waals surface area contributed by atoms with Crippen LogP contribution in [0.15, 0.2) is 0 Å². The Morgan fingerprint density at radius 1 is 0.520 bits per heavy atom. The van der Waals surface area contributed by atoms with Crippen LogP contribution in [0.2, 0.25) is 0 Å². The minimum Gasteiger partial charge on any atom is -0.481 e. The molecule has 4 saturated heterocycles. The van der Waals surface area contributed by atoms with Crippen molar-refractivity contribution in [3.63, 3.8) is 0 Å². The maximum Gasteiger partial charge on any atom is 0.316 e. The van der Waals surface area contributed by atoms with Gasteiger partial charge in [-0.05, 0) is 97.8 Å². The van der Waals surface area contributed by atoms with Gasteiger partial charge in [-0.15, -0.1) is 58.8 Å². The minimum absolute atomic E-state index is 0.0195. The highest BCUT2D eigenvalue weighted by Gasteiger charge is 2.39. The summed E-state index contributed by atoms with van der Waals surface area (Å²) in [4.78, 5) is 124. The Labute approximate surface area is 466 Å². The molecule has 0 saturated carbocycles. The number of nitrogens with zero attached hydrogens (tertiary/aromatic N) is 4. The number of carbonyl (C=O) groups excluding carboxylic acids is 7. The molecule has 0 aromatic carbocycles. The molecule has 75 heavy (non-hydrogen) atoms. The average Bonchev–Trinajstić information content (AvgIpc) is 4.21. The lowest BCUT2D eigenvalue weighted by Crippen LogP contribution is -2.54. The zero-order chi connectivity index (χ0) is 55.7. The van der Waals surface area contributed by atoms with E-state index in [9.17, 15) is 48.3 Å². The van der Waals surface area contributed by atoms with Gasteiger partial charge in [-0.25, -0.2) is 0 Å². The topological polar surface area (TPSA) is 269 Å². The molecule has 4 aliphatic heterocycles. The van der Waals surface area contributed by atoms with Crippen molar-refractivity contribution in [2.45, 2.75) is 189 Å². The molecule has 0 bridgehead atoms. The zero-order valence-electron chi connectivity index (χ0n) is 45.5. The van der Waals surface area contributed by atoms with E-state index in [1.54, 1.807) is 37.5 Å². The third kappa shape index (κ3) is 19.7. The Morgan fingerprint density at radius 3 is 1.41 bits per heavy atom. The van der Waals surface area contributed by atoms with Crippen LogP contribution < -0.4 is 21.7 Å². The van der Waals surface area contributed by atoms with Crippen molar-refractivity contribution in [2.24, 2.45) is 17.6 Å². The number of nitrogens with two attached hydrogens (primary N) is 1. The van der Waals surface area contributed by atoms with E-state index in [0.717, 1.165) is 51.4 Å². The fourth-order valence-electron chi connectivity index (χ4n) is 9.86. The molecule has 0 radical (unpaired) electrons. The number of carbonyl (C=O) groups is 9. The van der Waals surface area contributed by atoms with E-state index in [2.05, 4.69) is 16.0 Å². The minimum atomic E-state index is -0.972. The van der Waals surface area contributed by atoms with E-state index >= 15 is 0 Å². The quantitative estimate of drug-likeness (QED) is 0.0597. The van der Waals surface area contributed by atoms with E-state index in [-0.39, 0.29) is 95.6 Å². The highest BCUT2D eigenvalue weighted by Crippen LogP contribution is 2.31. The standard InChI is InChI=1S/C51H86N8O11S5/c1-29(2)43(50(68)59-21-13-17-40(59)28-75-44(30(3)4)51(69)70)55-47(65)34(8)73-25-37-14-10-18-56(37)41(60)23-53-45(63)32(6)72-26-38-15-11-19-57(38)48(66)31(5)54-46(64)33(7)74-27-39-16-12-20-58(39)49(67)35(9)71-24-36(52)22-42(61)62/h29-40,43-44H,10-28,52H2,1-9H3,(H,53,63)(H,54,64)(H,55,65)(H,61,62)(H,69,70)/t31-,32-,33-,34-,35-,36-,37-,38-,39-,40-,43-,44-/m0/s1. The summed E-state index contributed by atoms with van der Waals surface area (Å²) in [6, 6.07) is -2.38. The SMILES string of the molecule is CC(C)[C@H](NC(=O)[C@H](C)SC[C@@H]1CCCN1C(=O)CNC(=O)[C@H](C)SC[C@@H]1CCCN1C(=O)[C@H](C)NC(=O)[C@H](C)SC[C@@H]1CCCN1C(=O)[C@H](C)SC[C@@H](N)CC(=O)O)C(=O)N1CCC[C@H]1CS[C@H](C(=O)O)C(C)C. The fraction of sp³-hybridized carbons (Fsp3) is 0.824. The molecule has 24 heteroatoms. The van der Waals surface area contributed by atoms with E-state index in [4.69, 9.17) is 10.8 Å². The molecule has 4 heterocycles. The molecule has 0 aromatic heterocycles. The first kappa shape index (κ1) is 64.5.